The van der Waals surface area contributed by atoms with Crippen LogP contribution in [-0.4, -0.2) is 27.6 Å². The molecule has 0 saturated carbocycles. The molecule has 26 heavy (non-hydrogen) atoms. The lowest BCUT2D eigenvalue weighted by Gasteiger charge is -2.20. The van der Waals surface area contributed by atoms with Crippen LogP contribution in [0.2, 0.25) is 5.02 Å². The molecule has 1 amide bonds. The maximum atomic E-state index is 12.7. The number of carbonyl (C=O) groups excluding carboxylic acids is 1. The van der Waals surface area contributed by atoms with Crippen LogP contribution < -0.4 is 9.62 Å². The number of nitrogens with zero attached hydrogens (tertiary/aromatic N) is 1. The Balaban J connectivity index is 2.29. The van der Waals surface area contributed by atoms with Crippen LogP contribution in [0.1, 0.15) is 40.9 Å². The van der Waals surface area contributed by atoms with Gasteiger partial charge in [0.15, 0.2) is 0 Å². The van der Waals surface area contributed by atoms with E-state index in [2.05, 4.69) is 5.32 Å². The van der Waals surface area contributed by atoms with Crippen LogP contribution in [0.4, 0.5) is 5.69 Å². The van der Waals surface area contributed by atoms with Gasteiger partial charge >= 0.3 is 0 Å². The van der Waals surface area contributed by atoms with Crippen molar-refractivity contribution in [2.45, 2.75) is 26.3 Å². The lowest BCUT2D eigenvalue weighted by Crippen LogP contribution is -2.29. The van der Waals surface area contributed by atoms with E-state index >= 15 is 0 Å². The highest BCUT2D eigenvalue weighted by molar-refractivity contribution is 7.92. The number of rotatable bonds is 6. The first-order valence-electron chi connectivity index (χ1n) is 8.24. The Hall–Kier alpha value is -2.05. The lowest BCUT2D eigenvalue weighted by molar-refractivity contribution is 0.0935. The summed E-state index contributed by atoms with van der Waals surface area (Å²) >= 11 is 6.17. The molecule has 0 aliphatic heterocycles. The maximum Gasteiger partial charge on any atom is 0.253 e. The highest BCUT2D eigenvalue weighted by atomic mass is 35.5. The molecule has 0 aromatic heterocycles. The summed E-state index contributed by atoms with van der Waals surface area (Å²) in [5.41, 5.74) is 2.78. The van der Waals surface area contributed by atoms with E-state index in [0.717, 1.165) is 28.1 Å². The molecule has 0 spiro atoms. The summed E-state index contributed by atoms with van der Waals surface area (Å²) in [6.07, 6.45) is 1.82. The van der Waals surface area contributed by atoms with E-state index in [1.165, 1.54) is 19.2 Å². The van der Waals surface area contributed by atoms with Gasteiger partial charge in [-0.3, -0.25) is 9.10 Å². The fourth-order valence-electron chi connectivity index (χ4n) is 2.53. The van der Waals surface area contributed by atoms with E-state index in [1.54, 1.807) is 6.07 Å². The van der Waals surface area contributed by atoms with Crippen molar-refractivity contribution in [1.82, 2.24) is 5.32 Å². The number of benzene rings is 2. The number of aryl methyl sites for hydroxylation is 1. The van der Waals surface area contributed by atoms with Gasteiger partial charge in [0.1, 0.15) is 0 Å². The Morgan fingerprint density at radius 3 is 2.35 bits per heavy atom. The van der Waals surface area contributed by atoms with Gasteiger partial charge in [0, 0.05) is 7.05 Å². The number of hydrogen-bond donors (Lipinski definition) is 1. The first-order chi connectivity index (χ1) is 12.1. The summed E-state index contributed by atoms with van der Waals surface area (Å²) < 4.78 is 24.6. The normalized spacial score (nSPS) is 12.5. The van der Waals surface area contributed by atoms with Gasteiger partial charge in [-0.05, 0) is 37.1 Å². The molecule has 0 aliphatic carbocycles. The van der Waals surface area contributed by atoms with Crippen LogP contribution >= 0.6 is 11.6 Å². The SMILES string of the molecule is CC[C@H](NC(=O)c1cc(N(C)S(C)(=O)=O)ccc1Cl)c1ccc(C)cc1. The van der Waals surface area contributed by atoms with Crippen LogP contribution in [0, 0.1) is 6.92 Å². The van der Waals surface area contributed by atoms with Crippen molar-refractivity contribution >= 4 is 33.2 Å². The highest BCUT2D eigenvalue weighted by Gasteiger charge is 2.19. The molecule has 0 fully saturated rings. The number of halogens is 1. The molecule has 0 heterocycles. The van der Waals surface area contributed by atoms with Crippen molar-refractivity contribution in [3.63, 3.8) is 0 Å². The third-order valence-electron chi connectivity index (χ3n) is 4.25. The van der Waals surface area contributed by atoms with Crippen LogP contribution in [0.3, 0.4) is 0 Å². The molecule has 0 aliphatic rings. The number of sulfonamides is 1. The van der Waals surface area contributed by atoms with Crippen molar-refractivity contribution in [3.8, 4) is 0 Å². The third kappa shape index (κ3) is 4.77. The van der Waals surface area contributed by atoms with Gasteiger partial charge in [-0.1, -0.05) is 48.4 Å². The zero-order chi connectivity index (χ0) is 19.5. The van der Waals surface area contributed by atoms with Crippen LogP contribution in [-0.2, 0) is 10.0 Å². The topological polar surface area (TPSA) is 66.5 Å². The molecule has 1 N–H and O–H groups in total. The van der Waals surface area contributed by atoms with Gasteiger partial charge in [-0.25, -0.2) is 8.42 Å². The summed E-state index contributed by atoms with van der Waals surface area (Å²) in [6.45, 7) is 3.99. The Morgan fingerprint density at radius 1 is 1.19 bits per heavy atom. The van der Waals surface area contributed by atoms with Crippen molar-refractivity contribution in [2.75, 3.05) is 17.6 Å². The van der Waals surface area contributed by atoms with Crippen molar-refractivity contribution in [3.05, 3.63) is 64.2 Å². The van der Waals surface area contributed by atoms with E-state index in [9.17, 15) is 13.2 Å². The van der Waals surface area contributed by atoms with E-state index in [1.807, 2.05) is 38.1 Å². The molecule has 1 atom stereocenters. The molecular weight excluding hydrogens is 372 g/mol. The molecular formula is C19H23ClN2O3S. The monoisotopic (exact) mass is 394 g/mol. The third-order valence-corrected chi connectivity index (χ3v) is 5.78. The van der Waals surface area contributed by atoms with E-state index < -0.39 is 10.0 Å². The van der Waals surface area contributed by atoms with Crippen molar-refractivity contribution in [1.29, 1.82) is 0 Å². The summed E-state index contributed by atoms with van der Waals surface area (Å²) in [5, 5.41) is 3.24. The number of amides is 1. The van der Waals surface area contributed by atoms with Crippen LogP contribution in [0.25, 0.3) is 0 Å². The van der Waals surface area contributed by atoms with Gasteiger partial charge in [-0.15, -0.1) is 0 Å². The number of carbonyl (C=O) groups is 1. The summed E-state index contributed by atoms with van der Waals surface area (Å²) in [5.74, 6) is -0.342. The summed E-state index contributed by atoms with van der Waals surface area (Å²) in [4.78, 5) is 12.7. The molecule has 0 saturated heterocycles. The molecule has 2 rings (SSSR count). The van der Waals surface area contributed by atoms with Gasteiger partial charge in [-0.2, -0.15) is 0 Å². The maximum absolute atomic E-state index is 12.7. The molecule has 0 bridgehead atoms. The van der Waals surface area contributed by atoms with Gasteiger partial charge in [0.05, 0.1) is 28.6 Å². The molecule has 2 aromatic carbocycles. The summed E-state index contributed by atoms with van der Waals surface area (Å²) in [7, 11) is -2.00. The minimum Gasteiger partial charge on any atom is -0.345 e. The van der Waals surface area contributed by atoms with Crippen LogP contribution in [0.15, 0.2) is 42.5 Å². The van der Waals surface area contributed by atoms with Crippen molar-refractivity contribution < 1.29 is 13.2 Å². The second kappa shape index (κ2) is 8.10. The van der Waals surface area contributed by atoms with Gasteiger partial charge in [0.25, 0.3) is 5.91 Å². The fraction of sp³-hybridized carbons (Fsp3) is 0.316. The average Bonchev–Trinajstić information content (AvgIpc) is 2.59. The smallest absolute Gasteiger partial charge is 0.253 e. The Bertz CT molecular complexity index is 896. The van der Waals surface area contributed by atoms with Gasteiger partial charge in [0.2, 0.25) is 10.0 Å². The predicted octanol–water partition coefficient (Wildman–Crippen LogP) is 3.93. The number of hydrogen-bond acceptors (Lipinski definition) is 3. The minimum absolute atomic E-state index is 0.157. The minimum atomic E-state index is -3.43. The molecule has 0 radical (unpaired) electrons. The second-order valence-corrected chi connectivity index (χ2v) is 8.66. The first kappa shape index (κ1) is 20.3. The van der Waals surface area contributed by atoms with Crippen LogP contribution in [0.5, 0.6) is 0 Å². The fourth-order valence-corrected chi connectivity index (χ4v) is 3.23. The quantitative estimate of drug-likeness (QED) is 0.807. The average molecular weight is 395 g/mol. The zero-order valence-corrected chi connectivity index (χ0v) is 16.9. The molecule has 5 nitrogen and oxygen atoms in total. The predicted molar refractivity (Wildman–Crippen MR) is 106 cm³/mol. The standard InChI is InChI=1S/C19H23ClN2O3S/c1-5-18(14-8-6-13(2)7-9-14)21-19(23)16-12-15(10-11-17(16)20)22(3)26(4,24)25/h6-12,18H,5H2,1-4H3,(H,21,23)/t18-/m0/s1. The first-order valence-corrected chi connectivity index (χ1v) is 10.5. The molecule has 7 heteroatoms. The lowest BCUT2D eigenvalue weighted by atomic mass is 10.0. The number of nitrogens with one attached hydrogen (secondary N) is 1. The van der Waals surface area contributed by atoms with Crippen molar-refractivity contribution in [2.24, 2.45) is 0 Å². The second-order valence-electron chi connectivity index (χ2n) is 6.24. The molecule has 0 unspecified atom stereocenters. The van der Waals surface area contributed by atoms with E-state index in [0.29, 0.717) is 5.69 Å². The highest BCUT2D eigenvalue weighted by Crippen LogP contribution is 2.25. The van der Waals surface area contributed by atoms with Gasteiger partial charge < -0.3 is 5.32 Å². The van der Waals surface area contributed by atoms with E-state index in [-0.39, 0.29) is 22.5 Å². The largest absolute Gasteiger partial charge is 0.345 e. The number of anilines is 1. The summed E-state index contributed by atoms with van der Waals surface area (Å²) in [6, 6.07) is 12.4. The molecule has 140 valence electrons. The Labute approximate surface area is 160 Å². The Kier molecular flexibility index (Phi) is 6.31. The molecule has 2 aromatic rings. The zero-order valence-electron chi connectivity index (χ0n) is 15.3. The van der Waals surface area contributed by atoms with E-state index in [4.69, 9.17) is 11.6 Å². The Morgan fingerprint density at radius 2 is 1.81 bits per heavy atom.